The normalized spacial score (nSPS) is 13.2. The third-order valence-electron chi connectivity index (χ3n) is 4.78. The van der Waals surface area contributed by atoms with E-state index in [1.165, 1.54) is 0 Å². The smallest absolute Gasteiger partial charge is 0.427 e. The van der Waals surface area contributed by atoms with Crippen molar-refractivity contribution in [3.63, 3.8) is 0 Å². The highest BCUT2D eigenvalue weighted by molar-refractivity contribution is 6.43. The van der Waals surface area contributed by atoms with Crippen LogP contribution in [0.2, 0.25) is 5.82 Å². The van der Waals surface area contributed by atoms with Crippen LogP contribution in [0.25, 0.3) is 0 Å². The highest BCUT2D eigenvalue weighted by Gasteiger charge is 2.25. The molecular formula is C22H30BNO3. The summed E-state index contributed by atoms with van der Waals surface area (Å²) < 4.78 is 0. The van der Waals surface area contributed by atoms with Crippen molar-refractivity contribution in [3.8, 4) is 0 Å². The molecule has 0 aliphatic carbocycles. The van der Waals surface area contributed by atoms with Crippen molar-refractivity contribution in [1.29, 1.82) is 0 Å². The van der Waals surface area contributed by atoms with Crippen molar-refractivity contribution in [2.24, 2.45) is 5.92 Å². The van der Waals surface area contributed by atoms with Gasteiger partial charge in [-0.05, 0) is 48.7 Å². The van der Waals surface area contributed by atoms with Gasteiger partial charge < -0.3 is 15.4 Å². The molecule has 2 aromatic rings. The van der Waals surface area contributed by atoms with Gasteiger partial charge in [0.25, 0.3) is 5.91 Å². The Morgan fingerprint density at radius 3 is 2.11 bits per heavy atom. The van der Waals surface area contributed by atoms with Crippen LogP contribution >= 0.6 is 0 Å². The molecule has 0 saturated carbocycles. The van der Waals surface area contributed by atoms with Gasteiger partial charge in [-0.3, -0.25) is 4.79 Å². The van der Waals surface area contributed by atoms with Gasteiger partial charge in [-0.1, -0.05) is 68.8 Å². The van der Waals surface area contributed by atoms with Crippen molar-refractivity contribution in [3.05, 3.63) is 71.8 Å². The maximum atomic E-state index is 12.6. The maximum absolute atomic E-state index is 12.6. The summed E-state index contributed by atoms with van der Waals surface area (Å²) in [5.41, 5.74) is 1.79. The third kappa shape index (κ3) is 7.57. The molecule has 2 rings (SSSR count). The molecule has 0 bridgehead atoms. The lowest BCUT2D eigenvalue weighted by molar-refractivity contribution is 0.0934. The van der Waals surface area contributed by atoms with Crippen molar-refractivity contribution in [2.75, 3.05) is 0 Å². The summed E-state index contributed by atoms with van der Waals surface area (Å²) >= 11 is 0. The Morgan fingerprint density at radius 2 is 1.56 bits per heavy atom. The standard InChI is InChI=1S/C22H30BNO3/c1-17(2)15-20(23(26)27)13-14-21(16-18-9-5-3-6-10-18)24-22(25)19-11-7-4-8-12-19/h3-12,17,20-21,26-27H,13-16H2,1-2H3,(H,24,25)/t20-,21+/m0/s1. The molecule has 0 spiro atoms. The lowest BCUT2D eigenvalue weighted by atomic mass is 9.66. The largest absolute Gasteiger partial charge is 0.454 e. The van der Waals surface area contributed by atoms with Gasteiger partial charge in [0.15, 0.2) is 0 Å². The van der Waals surface area contributed by atoms with Gasteiger partial charge in [0, 0.05) is 11.6 Å². The molecule has 0 aliphatic rings. The summed E-state index contributed by atoms with van der Waals surface area (Å²) in [6, 6.07) is 19.2. The summed E-state index contributed by atoms with van der Waals surface area (Å²) in [6.07, 6.45) is 2.82. The van der Waals surface area contributed by atoms with Gasteiger partial charge in [0.05, 0.1) is 0 Å². The molecule has 0 radical (unpaired) electrons. The van der Waals surface area contributed by atoms with E-state index in [2.05, 4.69) is 19.2 Å². The van der Waals surface area contributed by atoms with Gasteiger partial charge >= 0.3 is 7.12 Å². The fraction of sp³-hybridized carbons (Fsp3) is 0.409. The monoisotopic (exact) mass is 367 g/mol. The number of amides is 1. The van der Waals surface area contributed by atoms with E-state index in [1.807, 2.05) is 48.5 Å². The Kier molecular flexibility index (Phi) is 8.56. The molecule has 2 atom stereocenters. The molecule has 0 fully saturated rings. The topological polar surface area (TPSA) is 69.6 Å². The summed E-state index contributed by atoms with van der Waals surface area (Å²) in [5.74, 6) is 0.113. The van der Waals surface area contributed by atoms with Gasteiger partial charge in [0.1, 0.15) is 0 Å². The van der Waals surface area contributed by atoms with Crippen LogP contribution in [0.3, 0.4) is 0 Å². The van der Waals surface area contributed by atoms with E-state index in [4.69, 9.17) is 0 Å². The van der Waals surface area contributed by atoms with E-state index in [-0.39, 0.29) is 17.8 Å². The Morgan fingerprint density at radius 1 is 0.963 bits per heavy atom. The van der Waals surface area contributed by atoms with Crippen LogP contribution in [0, 0.1) is 5.92 Å². The lowest BCUT2D eigenvalue weighted by Gasteiger charge is -2.23. The molecule has 4 nitrogen and oxygen atoms in total. The van der Waals surface area contributed by atoms with E-state index in [9.17, 15) is 14.8 Å². The Hall–Kier alpha value is -2.11. The van der Waals surface area contributed by atoms with E-state index < -0.39 is 7.12 Å². The number of nitrogens with one attached hydrogen (secondary N) is 1. The van der Waals surface area contributed by atoms with Gasteiger partial charge in [-0.15, -0.1) is 0 Å². The van der Waals surface area contributed by atoms with Crippen LogP contribution in [-0.2, 0) is 6.42 Å². The highest BCUT2D eigenvalue weighted by atomic mass is 16.4. The first-order valence-electron chi connectivity index (χ1n) is 9.71. The zero-order valence-corrected chi connectivity index (χ0v) is 16.2. The van der Waals surface area contributed by atoms with E-state index in [0.717, 1.165) is 18.4 Å². The number of hydrogen-bond acceptors (Lipinski definition) is 3. The van der Waals surface area contributed by atoms with Gasteiger partial charge in [0.2, 0.25) is 0 Å². The zero-order valence-electron chi connectivity index (χ0n) is 16.2. The van der Waals surface area contributed by atoms with Crippen LogP contribution in [0.15, 0.2) is 60.7 Å². The molecule has 0 heterocycles. The molecule has 27 heavy (non-hydrogen) atoms. The van der Waals surface area contributed by atoms with Crippen LogP contribution < -0.4 is 5.32 Å². The minimum Gasteiger partial charge on any atom is -0.427 e. The van der Waals surface area contributed by atoms with E-state index in [0.29, 0.717) is 24.3 Å². The van der Waals surface area contributed by atoms with Gasteiger partial charge in [-0.2, -0.15) is 0 Å². The Balaban J connectivity index is 2.05. The average molecular weight is 367 g/mol. The average Bonchev–Trinajstić information content (AvgIpc) is 2.66. The molecule has 0 aromatic heterocycles. The van der Waals surface area contributed by atoms with Crippen molar-refractivity contribution in [2.45, 2.75) is 51.4 Å². The quantitative estimate of drug-likeness (QED) is 0.561. The predicted molar refractivity (Wildman–Crippen MR) is 110 cm³/mol. The molecule has 0 saturated heterocycles. The van der Waals surface area contributed by atoms with Crippen LogP contribution in [-0.4, -0.2) is 29.1 Å². The molecule has 0 unspecified atom stereocenters. The van der Waals surface area contributed by atoms with Crippen LogP contribution in [0.5, 0.6) is 0 Å². The number of carbonyl (C=O) groups excluding carboxylic acids is 1. The summed E-state index contributed by atoms with van der Waals surface area (Å²) in [6.45, 7) is 4.15. The van der Waals surface area contributed by atoms with Crippen LogP contribution in [0.1, 0.15) is 49.0 Å². The highest BCUT2D eigenvalue weighted by Crippen LogP contribution is 2.26. The summed E-state index contributed by atoms with van der Waals surface area (Å²) in [4.78, 5) is 12.6. The molecule has 0 aliphatic heterocycles. The number of rotatable bonds is 10. The first-order valence-corrected chi connectivity index (χ1v) is 9.71. The number of hydrogen-bond donors (Lipinski definition) is 3. The van der Waals surface area contributed by atoms with Crippen LogP contribution in [0.4, 0.5) is 0 Å². The molecule has 1 amide bonds. The first kappa shape index (κ1) is 21.2. The summed E-state index contributed by atoms with van der Waals surface area (Å²) in [7, 11) is -1.32. The molecule has 5 heteroatoms. The maximum Gasteiger partial charge on any atom is 0.454 e. The first-order chi connectivity index (χ1) is 13.0. The number of benzene rings is 2. The molecular weight excluding hydrogens is 337 g/mol. The fourth-order valence-electron chi connectivity index (χ4n) is 3.39. The second kappa shape index (κ2) is 10.9. The van der Waals surface area contributed by atoms with Crippen molar-refractivity contribution < 1.29 is 14.8 Å². The van der Waals surface area contributed by atoms with Crippen molar-refractivity contribution in [1.82, 2.24) is 5.32 Å². The molecule has 2 aromatic carbocycles. The minimum absolute atomic E-state index is 0.0616. The zero-order chi connectivity index (χ0) is 19.6. The second-order valence-corrected chi connectivity index (χ2v) is 7.61. The van der Waals surface area contributed by atoms with E-state index in [1.54, 1.807) is 12.1 Å². The minimum atomic E-state index is -1.32. The fourth-order valence-corrected chi connectivity index (χ4v) is 3.39. The number of carbonyl (C=O) groups is 1. The predicted octanol–water partition coefficient (Wildman–Crippen LogP) is 3.70. The van der Waals surface area contributed by atoms with Crippen molar-refractivity contribution >= 4 is 13.0 Å². The summed E-state index contributed by atoms with van der Waals surface area (Å²) in [5, 5.41) is 22.5. The Labute approximate surface area is 162 Å². The second-order valence-electron chi connectivity index (χ2n) is 7.61. The molecule has 144 valence electrons. The third-order valence-corrected chi connectivity index (χ3v) is 4.78. The lowest BCUT2D eigenvalue weighted by Crippen LogP contribution is -2.37. The SMILES string of the molecule is CC(C)C[C@H](CC[C@H](Cc1ccccc1)NC(=O)c1ccccc1)B(O)O. The Bertz CT molecular complexity index is 676. The molecule has 3 N–H and O–H groups in total. The van der Waals surface area contributed by atoms with Gasteiger partial charge in [-0.25, -0.2) is 0 Å². The van der Waals surface area contributed by atoms with E-state index >= 15 is 0 Å².